The van der Waals surface area contributed by atoms with Crippen molar-refractivity contribution in [3.63, 3.8) is 0 Å². The van der Waals surface area contributed by atoms with Gasteiger partial charge in [0.1, 0.15) is 17.6 Å². The van der Waals surface area contributed by atoms with Crippen LogP contribution in [-0.4, -0.2) is 75.0 Å². The van der Waals surface area contributed by atoms with E-state index in [1.165, 1.54) is 0 Å². The van der Waals surface area contributed by atoms with Gasteiger partial charge in [0, 0.05) is 44.2 Å². The van der Waals surface area contributed by atoms with Crippen LogP contribution in [-0.2, 0) is 22.6 Å². The first-order valence-electron chi connectivity index (χ1n) is 12.2. The SMILES string of the molecule is COc1ccc(OC)c(CN2CCOC(C(=O)N(Cc3ccc4c(c3)OCCCO4)C(C)C)C2)c1. The second-order valence-corrected chi connectivity index (χ2v) is 9.16. The highest BCUT2D eigenvalue weighted by molar-refractivity contribution is 5.81. The molecule has 1 atom stereocenters. The number of hydrogen-bond acceptors (Lipinski definition) is 7. The maximum atomic E-state index is 13.6. The third kappa shape index (κ3) is 6.18. The zero-order valence-electron chi connectivity index (χ0n) is 21.1. The molecule has 0 aromatic heterocycles. The molecule has 1 fully saturated rings. The van der Waals surface area contributed by atoms with Gasteiger partial charge in [0.05, 0.1) is 34.0 Å². The van der Waals surface area contributed by atoms with Crippen molar-refractivity contribution in [3.05, 3.63) is 47.5 Å². The Kier molecular flexibility index (Phi) is 8.36. The number of fused-ring (bicyclic) bond motifs is 1. The van der Waals surface area contributed by atoms with E-state index in [0.717, 1.165) is 47.1 Å². The fourth-order valence-corrected chi connectivity index (χ4v) is 4.44. The van der Waals surface area contributed by atoms with Gasteiger partial charge in [-0.15, -0.1) is 0 Å². The third-order valence-electron chi connectivity index (χ3n) is 6.38. The molecule has 0 radical (unpaired) electrons. The minimum absolute atomic E-state index is 0.00517. The Morgan fingerprint density at radius 1 is 1.06 bits per heavy atom. The summed E-state index contributed by atoms with van der Waals surface area (Å²) < 4.78 is 28.4. The maximum Gasteiger partial charge on any atom is 0.253 e. The molecule has 1 saturated heterocycles. The van der Waals surface area contributed by atoms with Crippen molar-refractivity contribution >= 4 is 5.91 Å². The number of methoxy groups -OCH3 is 2. The molecule has 0 saturated carbocycles. The van der Waals surface area contributed by atoms with Crippen molar-refractivity contribution in [1.82, 2.24) is 9.80 Å². The zero-order valence-corrected chi connectivity index (χ0v) is 21.1. The van der Waals surface area contributed by atoms with E-state index >= 15 is 0 Å². The highest BCUT2D eigenvalue weighted by Gasteiger charge is 2.32. The molecule has 2 aliphatic heterocycles. The molecule has 2 aromatic rings. The summed E-state index contributed by atoms with van der Waals surface area (Å²) in [6.45, 7) is 8.24. The molecule has 1 unspecified atom stereocenters. The zero-order chi connectivity index (χ0) is 24.8. The van der Waals surface area contributed by atoms with E-state index in [-0.39, 0.29) is 11.9 Å². The van der Waals surface area contributed by atoms with E-state index in [9.17, 15) is 4.79 Å². The van der Waals surface area contributed by atoms with Crippen LogP contribution in [0, 0.1) is 0 Å². The average molecular weight is 485 g/mol. The number of ether oxygens (including phenoxy) is 5. The van der Waals surface area contributed by atoms with Crippen molar-refractivity contribution in [1.29, 1.82) is 0 Å². The Balaban J connectivity index is 1.44. The van der Waals surface area contributed by atoms with E-state index in [1.807, 2.05) is 55.1 Å². The minimum atomic E-state index is -0.525. The van der Waals surface area contributed by atoms with Crippen LogP contribution >= 0.6 is 0 Å². The molecule has 8 heteroatoms. The molecular weight excluding hydrogens is 448 g/mol. The van der Waals surface area contributed by atoms with Crippen LogP contribution in [0.15, 0.2) is 36.4 Å². The first-order valence-corrected chi connectivity index (χ1v) is 12.2. The van der Waals surface area contributed by atoms with Gasteiger partial charge in [0.25, 0.3) is 5.91 Å². The van der Waals surface area contributed by atoms with E-state index in [2.05, 4.69) is 4.90 Å². The predicted octanol–water partition coefficient (Wildman–Crippen LogP) is 3.50. The number of nitrogens with zero attached hydrogens (tertiary/aromatic N) is 2. The Morgan fingerprint density at radius 2 is 1.86 bits per heavy atom. The van der Waals surface area contributed by atoms with Gasteiger partial charge >= 0.3 is 0 Å². The molecule has 0 bridgehead atoms. The highest BCUT2D eigenvalue weighted by Crippen LogP contribution is 2.31. The molecule has 1 amide bonds. The molecule has 2 aromatic carbocycles. The topological polar surface area (TPSA) is 69.7 Å². The van der Waals surface area contributed by atoms with Crippen LogP contribution in [0.5, 0.6) is 23.0 Å². The lowest BCUT2D eigenvalue weighted by Gasteiger charge is -2.36. The van der Waals surface area contributed by atoms with Crippen molar-refractivity contribution in [2.45, 2.75) is 45.5 Å². The number of benzene rings is 2. The summed E-state index contributed by atoms with van der Waals surface area (Å²) >= 11 is 0. The predicted molar refractivity (Wildman–Crippen MR) is 132 cm³/mol. The number of morpholine rings is 1. The highest BCUT2D eigenvalue weighted by atomic mass is 16.5. The van der Waals surface area contributed by atoms with Gasteiger partial charge < -0.3 is 28.6 Å². The van der Waals surface area contributed by atoms with Gasteiger partial charge in [0.2, 0.25) is 0 Å². The van der Waals surface area contributed by atoms with Gasteiger partial charge in [-0.05, 0) is 49.7 Å². The number of rotatable bonds is 8. The van der Waals surface area contributed by atoms with Crippen molar-refractivity contribution in [3.8, 4) is 23.0 Å². The summed E-state index contributed by atoms with van der Waals surface area (Å²) in [6.07, 6.45) is 0.334. The van der Waals surface area contributed by atoms with Crippen LogP contribution in [0.1, 0.15) is 31.4 Å². The lowest BCUT2D eigenvalue weighted by Crippen LogP contribution is -2.52. The van der Waals surface area contributed by atoms with E-state index in [4.69, 9.17) is 23.7 Å². The average Bonchev–Trinajstić information content (AvgIpc) is 3.12. The minimum Gasteiger partial charge on any atom is -0.497 e. The van der Waals surface area contributed by atoms with Gasteiger partial charge in [0.15, 0.2) is 11.5 Å². The summed E-state index contributed by atoms with van der Waals surface area (Å²) in [5.41, 5.74) is 2.03. The summed E-state index contributed by atoms with van der Waals surface area (Å²) in [6, 6.07) is 11.7. The second-order valence-electron chi connectivity index (χ2n) is 9.16. The lowest BCUT2D eigenvalue weighted by atomic mass is 10.1. The Hall–Kier alpha value is -2.97. The van der Waals surface area contributed by atoms with Crippen LogP contribution < -0.4 is 18.9 Å². The molecular formula is C27H36N2O6. The summed E-state index contributed by atoms with van der Waals surface area (Å²) in [5, 5.41) is 0. The summed E-state index contributed by atoms with van der Waals surface area (Å²) in [5.74, 6) is 3.08. The standard InChI is InChI=1S/C27H36N2O6/c1-19(2)29(16-20-6-8-24-25(14-20)34-12-5-11-33-24)27(30)26-18-28(10-13-35-26)17-21-15-22(31-3)7-9-23(21)32-4/h6-9,14-15,19,26H,5,10-13,16-18H2,1-4H3. The van der Waals surface area contributed by atoms with Crippen LogP contribution in [0.25, 0.3) is 0 Å². The van der Waals surface area contributed by atoms with Gasteiger partial charge in [-0.25, -0.2) is 0 Å². The van der Waals surface area contributed by atoms with Crippen molar-refractivity contribution in [2.24, 2.45) is 0 Å². The molecule has 0 aliphatic carbocycles. The normalized spacial score (nSPS) is 18.1. The summed E-state index contributed by atoms with van der Waals surface area (Å²) in [7, 11) is 3.32. The van der Waals surface area contributed by atoms with E-state index in [0.29, 0.717) is 39.5 Å². The first-order chi connectivity index (χ1) is 17.0. The Morgan fingerprint density at radius 3 is 2.60 bits per heavy atom. The Bertz CT molecular complexity index is 1010. The molecule has 190 valence electrons. The Labute approximate surface area is 207 Å². The molecule has 4 rings (SSSR count). The number of carbonyl (C=O) groups is 1. The fraction of sp³-hybridized carbons (Fsp3) is 0.519. The molecule has 0 spiro atoms. The first kappa shape index (κ1) is 25.1. The molecule has 8 nitrogen and oxygen atoms in total. The van der Waals surface area contributed by atoms with Gasteiger partial charge in [-0.1, -0.05) is 6.07 Å². The lowest BCUT2D eigenvalue weighted by molar-refractivity contribution is -0.152. The van der Waals surface area contributed by atoms with Crippen LogP contribution in [0.2, 0.25) is 0 Å². The second kappa shape index (κ2) is 11.6. The molecule has 0 N–H and O–H groups in total. The third-order valence-corrected chi connectivity index (χ3v) is 6.38. The van der Waals surface area contributed by atoms with Crippen molar-refractivity contribution < 1.29 is 28.5 Å². The van der Waals surface area contributed by atoms with E-state index in [1.54, 1.807) is 14.2 Å². The molecule has 2 heterocycles. The van der Waals surface area contributed by atoms with Crippen LogP contribution in [0.4, 0.5) is 0 Å². The summed E-state index contributed by atoms with van der Waals surface area (Å²) in [4.78, 5) is 17.7. The van der Waals surface area contributed by atoms with E-state index < -0.39 is 6.10 Å². The number of carbonyl (C=O) groups excluding carboxylic acids is 1. The van der Waals surface area contributed by atoms with Gasteiger partial charge in [-0.2, -0.15) is 0 Å². The number of hydrogen-bond donors (Lipinski definition) is 0. The molecule has 35 heavy (non-hydrogen) atoms. The largest absolute Gasteiger partial charge is 0.497 e. The maximum absolute atomic E-state index is 13.6. The molecule has 2 aliphatic rings. The monoisotopic (exact) mass is 484 g/mol. The van der Waals surface area contributed by atoms with Crippen LogP contribution in [0.3, 0.4) is 0 Å². The quantitative estimate of drug-likeness (QED) is 0.568. The number of amides is 1. The van der Waals surface area contributed by atoms with Crippen molar-refractivity contribution in [2.75, 3.05) is 47.1 Å². The smallest absolute Gasteiger partial charge is 0.253 e. The fourth-order valence-electron chi connectivity index (χ4n) is 4.44. The van der Waals surface area contributed by atoms with Gasteiger partial charge in [-0.3, -0.25) is 9.69 Å².